The lowest BCUT2D eigenvalue weighted by atomic mass is 10.1. The highest BCUT2D eigenvalue weighted by molar-refractivity contribution is 5.94. The van der Waals surface area contributed by atoms with Crippen molar-refractivity contribution in [2.24, 2.45) is 7.05 Å². The fourth-order valence-corrected chi connectivity index (χ4v) is 3.07. The molecule has 3 rings (SSSR count). The van der Waals surface area contributed by atoms with Crippen LogP contribution in [0.3, 0.4) is 0 Å². The third-order valence-electron chi connectivity index (χ3n) is 4.63. The van der Waals surface area contributed by atoms with Crippen LogP contribution in [0.2, 0.25) is 0 Å². The van der Waals surface area contributed by atoms with E-state index in [1.54, 1.807) is 31.3 Å². The summed E-state index contributed by atoms with van der Waals surface area (Å²) in [5, 5.41) is 1.04. The molecule has 0 N–H and O–H groups in total. The summed E-state index contributed by atoms with van der Waals surface area (Å²) in [7, 11) is 3.42. The van der Waals surface area contributed by atoms with Gasteiger partial charge in [-0.1, -0.05) is 31.5 Å². The van der Waals surface area contributed by atoms with Crippen molar-refractivity contribution >= 4 is 16.9 Å². The number of carbonyl (C=O) groups excluding carboxylic acids is 1. The normalized spacial score (nSPS) is 11.0. The first-order valence-corrected chi connectivity index (χ1v) is 8.92. The molecule has 0 radical (unpaired) electrons. The van der Waals surface area contributed by atoms with Crippen molar-refractivity contribution in [3.8, 4) is 0 Å². The van der Waals surface area contributed by atoms with E-state index in [4.69, 9.17) is 4.42 Å². The molecule has 0 saturated heterocycles. The van der Waals surface area contributed by atoms with Gasteiger partial charge in [-0.2, -0.15) is 0 Å². The average molecular weight is 352 g/mol. The average Bonchev–Trinajstić information content (AvgIpc) is 2.99. The summed E-state index contributed by atoms with van der Waals surface area (Å²) >= 11 is 0. The van der Waals surface area contributed by atoms with E-state index in [0.29, 0.717) is 12.1 Å². The number of rotatable bonds is 6. The largest absolute Gasteiger partial charge is 0.461 e. The number of para-hydroxylation sites is 1. The van der Waals surface area contributed by atoms with Crippen LogP contribution >= 0.6 is 0 Å². The van der Waals surface area contributed by atoms with Crippen LogP contribution in [0.4, 0.5) is 0 Å². The van der Waals surface area contributed by atoms with E-state index in [9.17, 15) is 9.59 Å². The third kappa shape index (κ3) is 3.57. The Balaban J connectivity index is 1.90. The summed E-state index contributed by atoms with van der Waals surface area (Å²) in [6.07, 6.45) is 4.59. The lowest BCUT2D eigenvalue weighted by Gasteiger charge is -2.17. The van der Waals surface area contributed by atoms with Gasteiger partial charge in [0.1, 0.15) is 11.3 Å². The minimum atomic E-state index is -0.193. The summed E-state index contributed by atoms with van der Waals surface area (Å²) in [6.45, 7) is 2.60. The van der Waals surface area contributed by atoms with Gasteiger partial charge in [0.2, 0.25) is 0 Å². The number of unbranched alkanes of at least 4 members (excludes halogenated alkanes) is 1. The zero-order valence-electron chi connectivity index (χ0n) is 15.5. The molecular weight excluding hydrogens is 328 g/mol. The summed E-state index contributed by atoms with van der Waals surface area (Å²) in [6, 6.07) is 11.0. The SMILES string of the molecule is CCCCc1oc2ccccc2c1CN(C)C(=O)c1ccn(C)c(=O)c1. The van der Waals surface area contributed by atoms with E-state index in [0.717, 1.165) is 41.6 Å². The molecule has 0 bridgehead atoms. The molecule has 3 aromatic rings. The number of amides is 1. The van der Waals surface area contributed by atoms with Crippen molar-refractivity contribution in [1.82, 2.24) is 9.47 Å². The number of carbonyl (C=O) groups is 1. The predicted molar refractivity (Wildman–Crippen MR) is 102 cm³/mol. The van der Waals surface area contributed by atoms with Crippen LogP contribution in [0.25, 0.3) is 11.0 Å². The molecule has 1 aromatic carbocycles. The molecule has 0 atom stereocenters. The molecule has 0 aliphatic heterocycles. The van der Waals surface area contributed by atoms with E-state index in [-0.39, 0.29) is 11.5 Å². The molecule has 0 aliphatic carbocycles. The molecule has 5 heteroatoms. The number of fused-ring (bicyclic) bond motifs is 1. The Bertz CT molecular complexity index is 984. The second-order valence-electron chi connectivity index (χ2n) is 6.63. The molecule has 136 valence electrons. The van der Waals surface area contributed by atoms with Gasteiger partial charge < -0.3 is 13.9 Å². The molecule has 0 fully saturated rings. The second kappa shape index (κ2) is 7.60. The van der Waals surface area contributed by atoms with Crippen molar-refractivity contribution < 1.29 is 9.21 Å². The minimum absolute atomic E-state index is 0.172. The van der Waals surface area contributed by atoms with Gasteiger partial charge >= 0.3 is 0 Å². The van der Waals surface area contributed by atoms with Crippen LogP contribution in [0.5, 0.6) is 0 Å². The van der Waals surface area contributed by atoms with Gasteiger partial charge in [-0.15, -0.1) is 0 Å². The smallest absolute Gasteiger partial charge is 0.254 e. The van der Waals surface area contributed by atoms with Crippen molar-refractivity contribution in [3.05, 3.63) is 69.8 Å². The quantitative estimate of drug-likeness (QED) is 0.679. The monoisotopic (exact) mass is 352 g/mol. The van der Waals surface area contributed by atoms with Crippen LogP contribution in [0.15, 0.2) is 51.8 Å². The molecular formula is C21H24N2O3. The van der Waals surface area contributed by atoms with Crippen molar-refractivity contribution in [1.29, 1.82) is 0 Å². The van der Waals surface area contributed by atoms with E-state index in [2.05, 4.69) is 6.92 Å². The van der Waals surface area contributed by atoms with E-state index in [1.807, 2.05) is 24.3 Å². The first kappa shape index (κ1) is 18.0. The summed E-state index contributed by atoms with van der Waals surface area (Å²) in [5.74, 6) is 0.770. The second-order valence-corrected chi connectivity index (χ2v) is 6.63. The molecule has 2 heterocycles. The third-order valence-corrected chi connectivity index (χ3v) is 4.63. The van der Waals surface area contributed by atoms with Gasteiger partial charge in [0.05, 0.1) is 0 Å². The van der Waals surface area contributed by atoms with Gasteiger partial charge in [-0.25, -0.2) is 0 Å². The van der Waals surface area contributed by atoms with Crippen molar-refractivity contribution in [3.63, 3.8) is 0 Å². The Labute approximate surface area is 152 Å². The molecule has 0 aliphatic rings. The molecule has 2 aromatic heterocycles. The van der Waals surface area contributed by atoms with Gasteiger partial charge in [0.15, 0.2) is 0 Å². The number of nitrogens with zero attached hydrogens (tertiary/aromatic N) is 2. The lowest BCUT2D eigenvalue weighted by molar-refractivity contribution is 0.0784. The Kier molecular flexibility index (Phi) is 5.26. The Morgan fingerprint density at radius 1 is 1.23 bits per heavy atom. The highest BCUT2D eigenvalue weighted by Gasteiger charge is 2.19. The Morgan fingerprint density at radius 3 is 2.73 bits per heavy atom. The maximum Gasteiger partial charge on any atom is 0.254 e. The first-order valence-electron chi connectivity index (χ1n) is 8.92. The van der Waals surface area contributed by atoms with Gasteiger partial charge in [-0.3, -0.25) is 9.59 Å². The van der Waals surface area contributed by atoms with Gasteiger partial charge in [0, 0.05) is 55.8 Å². The van der Waals surface area contributed by atoms with Crippen LogP contribution in [-0.2, 0) is 20.0 Å². The maximum absolute atomic E-state index is 12.7. The van der Waals surface area contributed by atoms with E-state index in [1.165, 1.54) is 10.6 Å². The number of furan rings is 1. The van der Waals surface area contributed by atoms with Crippen molar-refractivity contribution in [2.45, 2.75) is 32.7 Å². The van der Waals surface area contributed by atoms with Crippen LogP contribution in [-0.4, -0.2) is 22.4 Å². The van der Waals surface area contributed by atoms with E-state index < -0.39 is 0 Å². The minimum Gasteiger partial charge on any atom is -0.461 e. The zero-order chi connectivity index (χ0) is 18.7. The molecule has 1 amide bonds. The highest BCUT2D eigenvalue weighted by Crippen LogP contribution is 2.28. The number of aryl methyl sites for hydroxylation is 2. The first-order chi connectivity index (χ1) is 12.5. The van der Waals surface area contributed by atoms with Crippen LogP contribution in [0, 0.1) is 0 Å². The fraction of sp³-hybridized carbons (Fsp3) is 0.333. The predicted octanol–water partition coefficient (Wildman–Crippen LogP) is 3.75. The topological polar surface area (TPSA) is 55.5 Å². The lowest BCUT2D eigenvalue weighted by Crippen LogP contribution is -2.28. The van der Waals surface area contributed by atoms with Crippen molar-refractivity contribution in [2.75, 3.05) is 7.05 Å². The molecule has 0 spiro atoms. The molecule has 5 nitrogen and oxygen atoms in total. The Morgan fingerprint density at radius 2 is 2.00 bits per heavy atom. The molecule has 26 heavy (non-hydrogen) atoms. The van der Waals surface area contributed by atoms with Gasteiger partial charge in [0.25, 0.3) is 11.5 Å². The summed E-state index contributed by atoms with van der Waals surface area (Å²) in [4.78, 5) is 26.2. The van der Waals surface area contributed by atoms with Crippen LogP contribution < -0.4 is 5.56 Å². The zero-order valence-corrected chi connectivity index (χ0v) is 15.5. The van der Waals surface area contributed by atoms with Gasteiger partial charge in [-0.05, 0) is 18.6 Å². The molecule has 0 unspecified atom stereocenters. The number of hydrogen-bond donors (Lipinski definition) is 0. The molecule has 0 saturated carbocycles. The maximum atomic E-state index is 12.7. The number of hydrogen-bond acceptors (Lipinski definition) is 3. The number of pyridine rings is 1. The summed E-state index contributed by atoms with van der Waals surface area (Å²) < 4.78 is 7.48. The van der Waals surface area contributed by atoms with Crippen LogP contribution in [0.1, 0.15) is 41.4 Å². The Hall–Kier alpha value is -2.82. The summed E-state index contributed by atoms with van der Waals surface area (Å²) in [5.41, 5.74) is 2.11. The standard InChI is InChI=1S/C21H24N2O3/c1-4-5-9-19-17(16-8-6-7-10-18(16)26-19)14-23(3)21(25)15-11-12-22(2)20(24)13-15/h6-8,10-13H,4-5,9,14H2,1-3H3. The highest BCUT2D eigenvalue weighted by atomic mass is 16.3. The number of benzene rings is 1. The van der Waals surface area contributed by atoms with E-state index >= 15 is 0 Å². The fourth-order valence-electron chi connectivity index (χ4n) is 3.07. The number of aromatic nitrogens is 1.